The Morgan fingerprint density at radius 3 is 2.19 bits per heavy atom. The molecule has 3 rings (SSSR count). The van der Waals surface area contributed by atoms with Crippen LogP contribution in [-0.2, 0) is 16.6 Å². The molecule has 1 aromatic rings. The average molecular weight is 329 g/mol. The van der Waals surface area contributed by atoms with Gasteiger partial charge < -0.3 is 5.73 Å². The van der Waals surface area contributed by atoms with Crippen LogP contribution in [0.3, 0.4) is 0 Å². The second-order valence-corrected chi connectivity index (χ2v) is 8.49. The quantitative estimate of drug-likeness (QED) is 0.836. The zero-order chi connectivity index (χ0) is 15.0. The smallest absolute Gasteiger partial charge is 0.244 e. The monoisotopic (exact) mass is 328 g/mol. The molecule has 0 atom stereocenters. The van der Waals surface area contributed by atoms with Crippen LogP contribution in [0.2, 0.25) is 5.02 Å². The van der Waals surface area contributed by atoms with Crippen LogP contribution >= 0.6 is 11.6 Å². The van der Waals surface area contributed by atoms with E-state index < -0.39 is 10.0 Å². The highest BCUT2D eigenvalue weighted by atomic mass is 35.5. The van der Waals surface area contributed by atoms with Gasteiger partial charge in [-0.05, 0) is 55.2 Å². The Bertz CT molecular complexity index is 611. The van der Waals surface area contributed by atoms with Gasteiger partial charge in [0.2, 0.25) is 10.0 Å². The number of halogens is 1. The molecule has 2 aliphatic carbocycles. The third kappa shape index (κ3) is 3.59. The zero-order valence-electron chi connectivity index (χ0n) is 12.0. The fourth-order valence-electron chi connectivity index (χ4n) is 2.46. The Kier molecular flexibility index (Phi) is 4.28. The Morgan fingerprint density at radius 1 is 1.14 bits per heavy atom. The van der Waals surface area contributed by atoms with Crippen molar-refractivity contribution in [2.45, 2.75) is 37.1 Å². The first kappa shape index (κ1) is 15.3. The summed E-state index contributed by atoms with van der Waals surface area (Å²) in [7, 11) is -3.53. The summed E-state index contributed by atoms with van der Waals surface area (Å²) in [6.07, 6.45) is 4.53. The Balaban J connectivity index is 1.91. The number of rotatable bonds is 7. The van der Waals surface area contributed by atoms with Gasteiger partial charge >= 0.3 is 0 Å². The molecular weight excluding hydrogens is 308 g/mol. The first-order valence-electron chi connectivity index (χ1n) is 7.49. The molecule has 0 aliphatic heterocycles. The van der Waals surface area contributed by atoms with Gasteiger partial charge in [0.05, 0.1) is 5.02 Å². The summed E-state index contributed by atoms with van der Waals surface area (Å²) in [5.74, 6) is 1.05. The van der Waals surface area contributed by atoms with E-state index in [1.807, 2.05) is 0 Å². The van der Waals surface area contributed by atoms with E-state index in [0.29, 0.717) is 31.5 Å². The summed E-state index contributed by atoms with van der Waals surface area (Å²) >= 11 is 6.14. The van der Waals surface area contributed by atoms with E-state index in [1.54, 1.807) is 22.5 Å². The lowest BCUT2D eigenvalue weighted by atomic mass is 10.2. The Hall–Kier alpha value is -0.620. The summed E-state index contributed by atoms with van der Waals surface area (Å²) in [6, 6.07) is 5.01. The van der Waals surface area contributed by atoms with Crippen molar-refractivity contribution in [2.75, 3.05) is 13.1 Å². The normalized spacial score (nSPS) is 19.2. The Morgan fingerprint density at radius 2 is 1.71 bits per heavy atom. The fourth-order valence-corrected chi connectivity index (χ4v) is 4.58. The molecule has 4 nitrogen and oxygen atoms in total. The maximum Gasteiger partial charge on any atom is 0.244 e. The minimum Gasteiger partial charge on any atom is -0.326 e. The van der Waals surface area contributed by atoms with Crippen LogP contribution in [0.4, 0.5) is 0 Å². The number of nitrogens with two attached hydrogens (primary N) is 1. The Labute approximate surface area is 131 Å². The highest BCUT2D eigenvalue weighted by molar-refractivity contribution is 7.89. The molecule has 0 saturated heterocycles. The van der Waals surface area contributed by atoms with Crippen molar-refractivity contribution >= 4 is 21.6 Å². The van der Waals surface area contributed by atoms with E-state index in [1.165, 1.54) is 0 Å². The maximum absolute atomic E-state index is 12.9. The SMILES string of the molecule is NCc1ccc(Cl)c(S(=O)(=O)N(CC2CC2)CC2CC2)c1. The molecule has 21 heavy (non-hydrogen) atoms. The number of hydrogen-bond donors (Lipinski definition) is 1. The van der Waals surface area contributed by atoms with E-state index >= 15 is 0 Å². The van der Waals surface area contributed by atoms with E-state index in [0.717, 1.165) is 31.2 Å². The lowest BCUT2D eigenvalue weighted by Gasteiger charge is -2.23. The molecule has 2 fully saturated rings. The van der Waals surface area contributed by atoms with Crippen LogP contribution in [0.1, 0.15) is 31.2 Å². The summed E-state index contributed by atoms with van der Waals surface area (Å²) in [6.45, 7) is 1.56. The predicted octanol–water partition coefficient (Wildman–Crippen LogP) is 2.61. The van der Waals surface area contributed by atoms with Crippen molar-refractivity contribution in [3.8, 4) is 0 Å². The van der Waals surface area contributed by atoms with Gasteiger partial charge in [-0.3, -0.25) is 0 Å². The molecule has 116 valence electrons. The van der Waals surface area contributed by atoms with E-state index in [-0.39, 0.29) is 9.92 Å². The summed E-state index contributed by atoms with van der Waals surface area (Å²) in [4.78, 5) is 0.202. The van der Waals surface area contributed by atoms with Gasteiger partial charge in [-0.1, -0.05) is 17.7 Å². The topological polar surface area (TPSA) is 63.4 Å². The first-order valence-corrected chi connectivity index (χ1v) is 9.31. The minimum absolute atomic E-state index is 0.202. The van der Waals surface area contributed by atoms with Gasteiger partial charge in [0, 0.05) is 19.6 Å². The van der Waals surface area contributed by atoms with Crippen LogP contribution < -0.4 is 5.73 Å². The zero-order valence-corrected chi connectivity index (χ0v) is 13.5. The summed E-state index contributed by atoms with van der Waals surface area (Å²) < 4.78 is 27.5. The molecule has 0 aromatic heterocycles. The van der Waals surface area contributed by atoms with Crippen molar-refractivity contribution < 1.29 is 8.42 Å². The van der Waals surface area contributed by atoms with Gasteiger partial charge in [0.1, 0.15) is 4.90 Å². The van der Waals surface area contributed by atoms with Crippen LogP contribution in [0, 0.1) is 11.8 Å². The number of sulfonamides is 1. The standard InChI is InChI=1S/C15H21ClN2O2S/c16-14-6-5-13(8-17)7-15(14)21(19,20)18(9-11-1-2-11)10-12-3-4-12/h5-7,11-12H,1-4,8-10,17H2. The lowest BCUT2D eigenvalue weighted by molar-refractivity contribution is 0.382. The highest BCUT2D eigenvalue weighted by Crippen LogP contribution is 2.37. The van der Waals surface area contributed by atoms with Crippen LogP contribution in [-0.4, -0.2) is 25.8 Å². The number of nitrogens with zero attached hydrogens (tertiary/aromatic N) is 1. The van der Waals surface area contributed by atoms with E-state index in [9.17, 15) is 8.42 Å². The third-order valence-electron chi connectivity index (χ3n) is 4.17. The maximum atomic E-state index is 12.9. The van der Waals surface area contributed by atoms with Crippen molar-refractivity contribution in [2.24, 2.45) is 17.6 Å². The molecule has 0 heterocycles. The van der Waals surface area contributed by atoms with Crippen molar-refractivity contribution in [1.29, 1.82) is 0 Å². The molecule has 2 aliphatic rings. The first-order chi connectivity index (χ1) is 10.0. The van der Waals surface area contributed by atoms with Gasteiger partial charge in [-0.2, -0.15) is 4.31 Å². The molecular formula is C15H21ClN2O2S. The average Bonchev–Trinajstić information content (AvgIpc) is 3.33. The molecule has 0 bridgehead atoms. The fraction of sp³-hybridized carbons (Fsp3) is 0.600. The predicted molar refractivity (Wildman–Crippen MR) is 83.6 cm³/mol. The second kappa shape index (κ2) is 5.88. The van der Waals surface area contributed by atoms with Crippen LogP contribution in [0.5, 0.6) is 0 Å². The molecule has 0 amide bonds. The molecule has 2 saturated carbocycles. The van der Waals surface area contributed by atoms with Gasteiger partial charge in [0.25, 0.3) is 0 Å². The second-order valence-electron chi connectivity index (χ2n) is 6.18. The van der Waals surface area contributed by atoms with Gasteiger partial charge in [0.15, 0.2) is 0 Å². The van der Waals surface area contributed by atoms with Gasteiger partial charge in [-0.25, -0.2) is 8.42 Å². The summed E-state index contributed by atoms with van der Waals surface area (Å²) in [5.41, 5.74) is 6.41. The van der Waals surface area contributed by atoms with Crippen molar-refractivity contribution in [3.05, 3.63) is 28.8 Å². The van der Waals surface area contributed by atoms with Crippen LogP contribution in [0.15, 0.2) is 23.1 Å². The minimum atomic E-state index is -3.53. The number of hydrogen-bond acceptors (Lipinski definition) is 3. The van der Waals surface area contributed by atoms with E-state index in [4.69, 9.17) is 17.3 Å². The molecule has 0 radical (unpaired) electrons. The molecule has 1 aromatic carbocycles. The molecule has 6 heteroatoms. The largest absolute Gasteiger partial charge is 0.326 e. The van der Waals surface area contributed by atoms with Crippen LogP contribution in [0.25, 0.3) is 0 Å². The summed E-state index contributed by atoms with van der Waals surface area (Å²) in [5, 5.41) is 0.281. The van der Waals surface area contributed by atoms with Gasteiger partial charge in [-0.15, -0.1) is 0 Å². The van der Waals surface area contributed by atoms with Crippen molar-refractivity contribution in [1.82, 2.24) is 4.31 Å². The molecule has 0 spiro atoms. The number of benzene rings is 1. The third-order valence-corrected chi connectivity index (χ3v) is 6.48. The molecule has 0 unspecified atom stereocenters. The lowest BCUT2D eigenvalue weighted by Crippen LogP contribution is -2.35. The van der Waals surface area contributed by atoms with Crippen molar-refractivity contribution in [3.63, 3.8) is 0 Å². The van der Waals surface area contributed by atoms with E-state index in [2.05, 4.69) is 0 Å². The highest BCUT2D eigenvalue weighted by Gasteiger charge is 2.36. The molecule has 2 N–H and O–H groups in total.